The largest absolute Gasteiger partial charge is 0.504 e. The van der Waals surface area contributed by atoms with Crippen molar-refractivity contribution in [3.8, 4) is 11.5 Å². The van der Waals surface area contributed by atoms with E-state index in [-0.39, 0.29) is 11.8 Å². The van der Waals surface area contributed by atoms with Crippen molar-refractivity contribution in [3.05, 3.63) is 23.8 Å². The zero-order chi connectivity index (χ0) is 15.0. The Morgan fingerprint density at radius 1 is 1.35 bits per heavy atom. The van der Waals surface area contributed by atoms with Gasteiger partial charge in [-0.25, -0.2) is 4.79 Å². The van der Waals surface area contributed by atoms with Gasteiger partial charge in [0.2, 0.25) is 0 Å². The molecule has 6 nitrogen and oxygen atoms in total. The van der Waals surface area contributed by atoms with Crippen molar-refractivity contribution < 1.29 is 14.6 Å². The normalized spacial score (nSPS) is 10.2. The average Bonchev–Trinajstić information content (AvgIpc) is 2.42. The predicted octanol–water partition coefficient (Wildman–Crippen LogP) is 1.15. The molecule has 2 amide bonds. The summed E-state index contributed by atoms with van der Waals surface area (Å²) in [5.41, 5.74) is 0.773. The van der Waals surface area contributed by atoms with E-state index in [2.05, 4.69) is 10.6 Å². The fraction of sp³-hybridized carbons (Fsp3) is 0.500. The summed E-state index contributed by atoms with van der Waals surface area (Å²) in [5.74, 6) is 0.659. The first-order chi connectivity index (χ1) is 9.56. The third-order valence-electron chi connectivity index (χ3n) is 2.68. The molecule has 0 saturated heterocycles. The van der Waals surface area contributed by atoms with E-state index in [0.29, 0.717) is 32.0 Å². The van der Waals surface area contributed by atoms with Crippen molar-refractivity contribution in [2.24, 2.45) is 0 Å². The number of phenols is 1. The molecule has 0 heterocycles. The second-order valence-electron chi connectivity index (χ2n) is 4.50. The van der Waals surface area contributed by atoms with E-state index < -0.39 is 0 Å². The maximum atomic E-state index is 11.3. The lowest BCUT2D eigenvalue weighted by atomic mass is 10.2. The molecule has 3 N–H and O–H groups in total. The first-order valence-electron chi connectivity index (χ1n) is 6.65. The first kappa shape index (κ1) is 16.1. The summed E-state index contributed by atoms with van der Waals surface area (Å²) < 4.78 is 5.32. The van der Waals surface area contributed by atoms with Crippen LogP contribution in [0, 0.1) is 0 Å². The lowest BCUT2D eigenvalue weighted by Gasteiger charge is -2.13. The molecule has 0 atom stereocenters. The quantitative estimate of drug-likeness (QED) is 0.656. The molecule has 20 heavy (non-hydrogen) atoms. The van der Waals surface area contributed by atoms with Crippen LogP contribution in [0.5, 0.6) is 11.5 Å². The molecular weight excluding hydrogens is 258 g/mol. The van der Waals surface area contributed by atoms with Crippen molar-refractivity contribution in [3.63, 3.8) is 0 Å². The van der Waals surface area contributed by atoms with E-state index >= 15 is 0 Å². The lowest BCUT2D eigenvalue weighted by molar-refractivity contribution is 0.217. The van der Waals surface area contributed by atoms with Gasteiger partial charge >= 0.3 is 6.03 Å². The van der Waals surface area contributed by atoms with Gasteiger partial charge in [-0.15, -0.1) is 0 Å². The van der Waals surface area contributed by atoms with Gasteiger partial charge in [-0.2, -0.15) is 0 Å². The Bertz CT molecular complexity index is 436. The van der Waals surface area contributed by atoms with Crippen LogP contribution in [0.2, 0.25) is 0 Å². The van der Waals surface area contributed by atoms with E-state index in [0.717, 1.165) is 5.56 Å². The number of para-hydroxylation sites is 1. The minimum atomic E-state index is -0.118. The zero-order valence-corrected chi connectivity index (χ0v) is 12.3. The smallest absolute Gasteiger partial charge is 0.316 e. The molecule has 0 saturated carbocycles. The number of rotatable bonds is 7. The summed E-state index contributed by atoms with van der Waals surface area (Å²) in [6.45, 7) is 4.06. The number of hydrogen-bond acceptors (Lipinski definition) is 4. The van der Waals surface area contributed by atoms with E-state index in [1.807, 2.05) is 19.1 Å². The van der Waals surface area contributed by atoms with Gasteiger partial charge in [0.25, 0.3) is 0 Å². The van der Waals surface area contributed by atoms with E-state index in [4.69, 9.17) is 4.74 Å². The van der Waals surface area contributed by atoms with Crippen LogP contribution in [-0.2, 0) is 6.54 Å². The highest BCUT2D eigenvalue weighted by molar-refractivity contribution is 5.73. The van der Waals surface area contributed by atoms with Gasteiger partial charge in [0, 0.05) is 39.3 Å². The lowest BCUT2D eigenvalue weighted by Crippen LogP contribution is -2.38. The van der Waals surface area contributed by atoms with Crippen molar-refractivity contribution in [1.29, 1.82) is 0 Å². The van der Waals surface area contributed by atoms with Crippen LogP contribution >= 0.6 is 0 Å². The molecule has 0 unspecified atom stereocenters. The SMILES string of the molecule is CCOc1cccc(CNCCNC(=O)N(C)C)c1O. The molecule has 0 radical (unpaired) electrons. The number of hydrogen-bond donors (Lipinski definition) is 3. The topological polar surface area (TPSA) is 73.8 Å². The molecule has 0 aliphatic heterocycles. The number of amides is 2. The predicted molar refractivity (Wildman–Crippen MR) is 78.1 cm³/mol. The van der Waals surface area contributed by atoms with Crippen LogP contribution in [0.3, 0.4) is 0 Å². The number of urea groups is 1. The van der Waals surface area contributed by atoms with Crippen LogP contribution in [0.4, 0.5) is 4.79 Å². The number of benzene rings is 1. The van der Waals surface area contributed by atoms with Crippen molar-refractivity contribution >= 4 is 6.03 Å². The first-order valence-corrected chi connectivity index (χ1v) is 6.65. The summed E-state index contributed by atoms with van der Waals surface area (Å²) in [6, 6.07) is 5.30. The number of aromatic hydroxyl groups is 1. The van der Waals surface area contributed by atoms with Gasteiger partial charge in [-0.3, -0.25) is 0 Å². The summed E-state index contributed by atoms with van der Waals surface area (Å²) in [6.07, 6.45) is 0. The summed E-state index contributed by atoms with van der Waals surface area (Å²) in [7, 11) is 3.39. The fourth-order valence-electron chi connectivity index (χ4n) is 1.62. The Labute approximate surface area is 119 Å². The maximum absolute atomic E-state index is 11.3. The molecule has 0 aliphatic rings. The number of carbonyl (C=O) groups is 1. The molecular formula is C14H23N3O3. The van der Waals surface area contributed by atoms with E-state index in [1.54, 1.807) is 20.2 Å². The number of nitrogens with zero attached hydrogens (tertiary/aromatic N) is 1. The van der Waals surface area contributed by atoms with Gasteiger partial charge in [-0.1, -0.05) is 12.1 Å². The highest BCUT2D eigenvalue weighted by Gasteiger charge is 2.07. The molecule has 6 heteroatoms. The van der Waals surface area contributed by atoms with Crippen LogP contribution in [0.15, 0.2) is 18.2 Å². The Hall–Kier alpha value is -1.95. The number of carbonyl (C=O) groups excluding carboxylic acids is 1. The fourth-order valence-corrected chi connectivity index (χ4v) is 1.62. The summed E-state index contributed by atoms with van der Waals surface area (Å²) >= 11 is 0. The van der Waals surface area contributed by atoms with Crippen LogP contribution in [0.25, 0.3) is 0 Å². The molecule has 0 aromatic heterocycles. The maximum Gasteiger partial charge on any atom is 0.316 e. The number of phenolic OH excluding ortho intramolecular Hbond substituents is 1. The van der Waals surface area contributed by atoms with Gasteiger partial charge in [0.05, 0.1) is 6.61 Å². The second kappa shape index (κ2) is 8.27. The third kappa shape index (κ3) is 4.97. The molecule has 1 rings (SSSR count). The van der Waals surface area contributed by atoms with E-state index in [1.165, 1.54) is 4.90 Å². The molecule has 112 valence electrons. The molecule has 0 fully saturated rings. The number of nitrogens with one attached hydrogen (secondary N) is 2. The summed E-state index contributed by atoms with van der Waals surface area (Å²) in [5, 5.41) is 15.9. The molecule has 0 spiro atoms. The highest BCUT2D eigenvalue weighted by atomic mass is 16.5. The standard InChI is InChI=1S/C14H23N3O3/c1-4-20-12-7-5-6-11(13(12)18)10-15-8-9-16-14(19)17(2)3/h5-7,15,18H,4,8-10H2,1-3H3,(H,16,19). The monoisotopic (exact) mass is 281 g/mol. The molecule has 0 bridgehead atoms. The van der Waals surface area contributed by atoms with Crippen molar-refractivity contribution in [2.75, 3.05) is 33.8 Å². The number of ether oxygens (including phenoxy) is 1. The van der Waals surface area contributed by atoms with Crippen LogP contribution < -0.4 is 15.4 Å². The highest BCUT2D eigenvalue weighted by Crippen LogP contribution is 2.29. The van der Waals surface area contributed by atoms with Gasteiger partial charge in [0.15, 0.2) is 11.5 Å². The molecule has 0 aliphatic carbocycles. The summed E-state index contributed by atoms with van der Waals surface area (Å²) in [4.78, 5) is 12.8. The van der Waals surface area contributed by atoms with Crippen molar-refractivity contribution in [1.82, 2.24) is 15.5 Å². The van der Waals surface area contributed by atoms with Crippen LogP contribution in [-0.4, -0.2) is 49.8 Å². The Balaban J connectivity index is 2.35. The van der Waals surface area contributed by atoms with E-state index in [9.17, 15) is 9.90 Å². The van der Waals surface area contributed by atoms with Crippen molar-refractivity contribution in [2.45, 2.75) is 13.5 Å². The Kier molecular flexibility index (Phi) is 6.66. The third-order valence-corrected chi connectivity index (χ3v) is 2.68. The van der Waals surface area contributed by atoms with Crippen LogP contribution in [0.1, 0.15) is 12.5 Å². The van der Waals surface area contributed by atoms with Gasteiger partial charge in [-0.05, 0) is 13.0 Å². The Morgan fingerprint density at radius 2 is 2.10 bits per heavy atom. The minimum Gasteiger partial charge on any atom is -0.504 e. The van der Waals surface area contributed by atoms with Gasteiger partial charge in [0.1, 0.15) is 0 Å². The minimum absolute atomic E-state index is 0.118. The second-order valence-corrected chi connectivity index (χ2v) is 4.50. The Morgan fingerprint density at radius 3 is 2.75 bits per heavy atom. The molecule has 1 aromatic rings. The average molecular weight is 281 g/mol. The molecule has 1 aromatic carbocycles. The van der Waals surface area contributed by atoms with Gasteiger partial charge < -0.3 is 25.4 Å². The zero-order valence-electron chi connectivity index (χ0n) is 12.3.